The molecule has 2 aromatic rings. The minimum absolute atomic E-state index is 0.871. The molecule has 0 aliphatic heterocycles. The Morgan fingerprint density at radius 2 is 1.94 bits per heavy atom. The minimum Gasteiger partial charge on any atom is -0.385 e. The van der Waals surface area contributed by atoms with E-state index in [4.69, 9.17) is 0 Å². The van der Waals surface area contributed by atoms with Crippen molar-refractivity contribution in [3.8, 4) is 5.69 Å². The van der Waals surface area contributed by atoms with Gasteiger partial charge in [0.05, 0.1) is 5.69 Å². The summed E-state index contributed by atoms with van der Waals surface area (Å²) in [6.45, 7) is 1.11. The van der Waals surface area contributed by atoms with Crippen molar-refractivity contribution in [1.29, 1.82) is 0 Å². The lowest BCUT2D eigenvalue weighted by atomic mass is 10.1. The van der Waals surface area contributed by atoms with Gasteiger partial charge in [0.25, 0.3) is 0 Å². The molecule has 0 saturated heterocycles. The van der Waals surface area contributed by atoms with Crippen LogP contribution in [0.3, 0.4) is 0 Å². The molecule has 3 rings (SSSR count). The van der Waals surface area contributed by atoms with Crippen molar-refractivity contribution in [3.63, 3.8) is 0 Å². The topological polar surface area (TPSA) is 29.9 Å². The summed E-state index contributed by atoms with van der Waals surface area (Å²) in [5.74, 6) is 0.871. The summed E-state index contributed by atoms with van der Waals surface area (Å²) in [5, 5.41) is 7.75. The lowest BCUT2D eigenvalue weighted by Crippen LogP contribution is -2.10. The highest BCUT2D eigenvalue weighted by Crippen LogP contribution is 2.25. The lowest BCUT2D eigenvalue weighted by molar-refractivity contribution is 0.580. The average Bonchev–Trinajstić information content (AvgIpc) is 3.10. The van der Waals surface area contributed by atoms with E-state index in [0.717, 1.165) is 18.2 Å². The molecule has 1 aromatic carbocycles. The molecule has 1 aliphatic carbocycles. The number of nitrogens with zero attached hydrogens (tertiary/aromatic N) is 2. The van der Waals surface area contributed by atoms with E-state index in [-0.39, 0.29) is 0 Å². The molecule has 0 bridgehead atoms. The molecule has 3 nitrogen and oxygen atoms in total. The molecule has 94 valence electrons. The highest BCUT2D eigenvalue weighted by atomic mass is 15.3. The van der Waals surface area contributed by atoms with E-state index in [1.807, 2.05) is 16.9 Å². The first-order chi connectivity index (χ1) is 8.92. The third-order valence-corrected chi connectivity index (χ3v) is 3.71. The molecule has 1 aliphatic rings. The second kappa shape index (κ2) is 5.25. The van der Waals surface area contributed by atoms with E-state index < -0.39 is 0 Å². The molecule has 0 unspecified atom stereocenters. The molecule has 0 radical (unpaired) electrons. The molecule has 0 spiro atoms. The van der Waals surface area contributed by atoms with Crippen LogP contribution in [-0.4, -0.2) is 16.3 Å². The Kier molecular flexibility index (Phi) is 3.31. The lowest BCUT2D eigenvalue weighted by Gasteiger charge is -2.12. The fourth-order valence-corrected chi connectivity index (χ4v) is 2.63. The predicted octanol–water partition coefficient (Wildman–Crippen LogP) is 3.47. The number of nitrogens with one attached hydrogen (secondary N) is 1. The zero-order chi connectivity index (χ0) is 12.2. The quantitative estimate of drug-likeness (QED) is 0.888. The van der Waals surface area contributed by atoms with Crippen LogP contribution in [0.5, 0.6) is 0 Å². The molecule has 1 N–H and O–H groups in total. The van der Waals surface area contributed by atoms with Crippen molar-refractivity contribution in [1.82, 2.24) is 9.78 Å². The van der Waals surface area contributed by atoms with Gasteiger partial charge in [0, 0.05) is 24.6 Å². The van der Waals surface area contributed by atoms with Crippen LogP contribution in [0.25, 0.3) is 5.69 Å². The number of benzene rings is 1. The van der Waals surface area contributed by atoms with Crippen molar-refractivity contribution in [2.75, 3.05) is 11.9 Å². The van der Waals surface area contributed by atoms with Crippen molar-refractivity contribution in [2.45, 2.75) is 25.7 Å². The third-order valence-electron chi connectivity index (χ3n) is 3.71. The van der Waals surface area contributed by atoms with E-state index in [1.165, 1.54) is 31.4 Å². The van der Waals surface area contributed by atoms with Gasteiger partial charge in [-0.3, -0.25) is 0 Å². The van der Waals surface area contributed by atoms with Crippen molar-refractivity contribution >= 4 is 5.69 Å². The summed E-state index contributed by atoms with van der Waals surface area (Å²) >= 11 is 0. The molecule has 1 fully saturated rings. The minimum atomic E-state index is 0.871. The number of anilines is 1. The normalized spacial score (nSPS) is 16.0. The van der Waals surface area contributed by atoms with E-state index in [9.17, 15) is 0 Å². The first-order valence-electron chi connectivity index (χ1n) is 6.76. The van der Waals surface area contributed by atoms with Gasteiger partial charge >= 0.3 is 0 Å². The van der Waals surface area contributed by atoms with Crippen LogP contribution in [0.4, 0.5) is 5.69 Å². The van der Waals surface area contributed by atoms with Gasteiger partial charge in [-0.15, -0.1) is 0 Å². The van der Waals surface area contributed by atoms with Crippen LogP contribution in [0.2, 0.25) is 0 Å². The second-order valence-electron chi connectivity index (χ2n) is 5.03. The van der Waals surface area contributed by atoms with E-state index in [2.05, 4.69) is 34.7 Å². The van der Waals surface area contributed by atoms with Crippen LogP contribution in [0, 0.1) is 5.92 Å². The highest BCUT2D eigenvalue weighted by molar-refractivity contribution is 5.48. The van der Waals surface area contributed by atoms with E-state index in [1.54, 1.807) is 6.20 Å². The van der Waals surface area contributed by atoms with Gasteiger partial charge in [-0.05, 0) is 49.1 Å². The third kappa shape index (κ3) is 2.55. The van der Waals surface area contributed by atoms with Crippen molar-refractivity contribution in [2.24, 2.45) is 5.92 Å². The summed E-state index contributed by atoms with van der Waals surface area (Å²) in [6, 6.07) is 10.4. The zero-order valence-corrected chi connectivity index (χ0v) is 10.5. The molecule has 1 saturated carbocycles. The molecule has 1 aromatic heterocycles. The predicted molar refractivity (Wildman–Crippen MR) is 74.0 cm³/mol. The smallest absolute Gasteiger partial charge is 0.0647 e. The maximum atomic E-state index is 4.22. The van der Waals surface area contributed by atoms with Crippen LogP contribution >= 0.6 is 0 Å². The molecule has 18 heavy (non-hydrogen) atoms. The Morgan fingerprint density at radius 3 is 2.61 bits per heavy atom. The molecule has 0 atom stereocenters. The summed E-state index contributed by atoms with van der Waals surface area (Å²) in [6.07, 6.45) is 9.35. The Balaban J connectivity index is 1.60. The Morgan fingerprint density at radius 1 is 1.17 bits per heavy atom. The second-order valence-corrected chi connectivity index (χ2v) is 5.03. The summed E-state index contributed by atoms with van der Waals surface area (Å²) < 4.78 is 1.88. The fraction of sp³-hybridized carbons (Fsp3) is 0.400. The molecular weight excluding hydrogens is 222 g/mol. The molecular formula is C15H19N3. The molecule has 1 heterocycles. The van der Waals surface area contributed by atoms with E-state index >= 15 is 0 Å². The molecule has 3 heteroatoms. The van der Waals surface area contributed by atoms with Gasteiger partial charge in [0.15, 0.2) is 0 Å². The standard InChI is InChI=1S/C15H19N3/c1-2-5-13(4-1)12-16-14-6-8-15(9-7-14)18-11-3-10-17-18/h3,6-11,13,16H,1-2,4-5,12H2. The Bertz CT molecular complexity index is 467. The van der Waals surface area contributed by atoms with Gasteiger partial charge in [0.1, 0.15) is 0 Å². The van der Waals surface area contributed by atoms with Gasteiger partial charge < -0.3 is 5.32 Å². The monoisotopic (exact) mass is 241 g/mol. The van der Waals surface area contributed by atoms with Crippen LogP contribution in [-0.2, 0) is 0 Å². The SMILES string of the molecule is c1cnn(-c2ccc(NCC3CCCC3)cc2)c1. The molecule has 0 amide bonds. The number of aromatic nitrogens is 2. The summed E-state index contributed by atoms with van der Waals surface area (Å²) in [7, 11) is 0. The summed E-state index contributed by atoms with van der Waals surface area (Å²) in [5.41, 5.74) is 2.31. The highest BCUT2D eigenvalue weighted by Gasteiger charge is 2.14. The van der Waals surface area contributed by atoms with Crippen LogP contribution < -0.4 is 5.32 Å². The van der Waals surface area contributed by atoms with Crippen LogP contribution in [0.1, 0.15) is 25.7 Å². The maximum absolute atomic E-state index is 4.22. The maximum Gasteiger partial charge on any atom is 0.0647 e. The van der Waals surface area contributed by atoms with Crippen molar-refractivity contribution < 1.29 is 0 Å². The summed E-state index contributed by atoms with van der Waals surface area (Å²) in [4.78, 5) is 0. The van der Waals surface area contributed by atoms with Crippen LogP contribution in [0.15, 0.2) is 42.7 Å². The first-order valence-corrected chi connectivity index (χ1v) is 6.76. The van der Waals surface area contributed by atoms with Gasteiger partial charge in [-0.1, -0.05) is 12.8 Å². The largest absolute Gasteiger partial charge is 0.385 e. The Hall–Kier alpha value is -1.77. The first kappa shape index (κ1) is 11.3. The van der Waals surface area contributed by atoms with Gasteiger partial charge in [-0.2, -0.15) is 5.10 Å². The average molecular weight is 241 g/mol. The van der Waals surface area contributed by atoms with E-state index in [0.29, 0.717) is 0 Å². The van der Waals surface area contributed by atoms with Gasteiger partial charge in [-0.25, -0.2) is 4.68 Å². The Labute approximate surface area is 108 Å². The fourth-order valence-electron chi connectivity index (χ4n) is 2.63. The zero-order valence-electron chi connectivity index (χ0n) is 10.5. The number of hydrogen-bond donors (Lipinski definition) is 1. The van der Waals surface area contributed by atoms with Gasteiger partial charge in [0.2, 0.25) is 0 Å². The van der Waals surface area contributed by atoms with Crippen molar-refractivity contribution in [3.05, 3.63) is 42.7 Å². The number of hydrogen-bond acceptors (Lipinski definition) is 2. The number of rotatable bonds is 4.